The molecule has 1 aliphatic rings. The summed E-state index contributed by atoms with van der Waals surface area (Å²) in [5.74, 6) is 5.62. The van der Waals surface area contributed by atoms with Gasteiger partial charge in [-0.15, -0.1) is 0 Å². The summed E-state index contributed by atoms with van der Waals surface area (Å²) in [5, 5.41) is 2.22. The summed E-state index contributed by atoms with van der Waals surface area (Å²) in [7, 11) is 0. The maximum Gasteiger partial charge on any atom is 0.255 e. The molecule has 0 bridgehead atoms. The lowest BCUT2D eigenvalue weighted by atomic mass is 10.2. The zero-order chi connectivity index (χ0) is 11.5. The van der Waals surface area contributed by atoms with Gasteiger partial charge in [-0.3, -0.25) is 10.6 Å². The summed E-state index contributed by atoms with van der Waals surface area (Å²) in [6.45, 7) is 2.72. The highest BCUT2D eigenvalue weighted by molar-refractivity contribution is 6.33. The van der Waals surface area contributed by atoms with Crippen molar-refractivity contribution in [3.63, 3.8) is 0 Å². The Morgan fingerprint density at radius 2 is 1.81 bits per heavy atom. The summed E-state index contributed by atoms with van der Waals surface area (Å²) < 4.78 is 0. The topological polar surface area (TPSA) is 49.6 Å². The van der Waals surface area contributed by atoms with E-state index < -0.39 is 0 Å². The van der Waals surface area contributed by atoms with Crippen LogP contribution < -0.4 is 5.84 Å². The predicted octanol–water partition coefficient (Wildman–Crippen LogP) is 0.972. The van der Waals surface area contributed by atoms with Gasteiger partial charge in [0.15, 0.2) is 0 Å². The van der Waals surface area contributed by atoms with Crippen LogP contribution in [0.1, 0.15) is 10.4 Å². The van der Waals surface area contributed by atoms with Gasteiger partial charge in [-0.25, -0.2) is 5.01 Å². The minimum absolute atomic E-state index is 0.0151. The van der Waals surface area contributed by atoms with Gasteiger partial charge >= 0.3 is 0 Å². The summed E-state index contributed by atoms with van der Waals surface area (Å²) in [6, 6.07) is 7.11. The van der Waals surface area contributed by atoms with E-state index in [9.17, 15) is 4.79 Å². The Morgan fingerprint density at radius 3 is 2.44 bits per heavy atom. The second kappa shape index (κ2) is 4.82. The van der Waals surface area contributed by atoms with Crippen molar-refractivity contribution >= 4 is 17.5 Å². The maximum atomic E-state index is 12.1. The first-order chi connectivity index (χ1) is 7.68. The van der Waals surface area contributed by atoms with Gasteiger partial charge in [-0.1, -0.05) is 23.7 Å². The largest absolute Gasteiger partial charge is 0.336 e. The van der Waals surface area contributed by atoms with E-state index in [0.717, 1.165) is 0 Å². The average molecular weight is 240 g/mol. The van der Waals surface area contributed by atoms with E-state index in [1.54, 1.807) is 22.0 Å². The Kier molecular flexibility index (Phi) is 3.43. The van der Waals surface area contributed by atoms with Crippen LogP contribution >= 0.6 is 11.6 Å². The van der Waals surface area contributed by atoms with Crippen LogP contribution in [-0.4, -0.2) is 42.0 Å². The summed E-state index contributed by atoms with van der Waals surface area (Å²) in [5.41, 5.74) is 0.564. The number of carbonyl (C=O) groups is 1. The van der Waals surface area contributed by atoms with E-state index >= 15 is 0 Å². The van der Waals surface area contributed by atoms with Crippen LogP contribution in [0.5, 0.6) is 0 Å². The molecule has 0 aliphatic carbocycles. The second-order valence-electron chi connectivity index (χ2n) is 3.81. The fourth-order valence-corrected chi connectivity index (χ4v) is 1.95. The van der Waals surface area contributed by atoms with Crippen LogP contribution in [0.25, 0.3) is 0 Å². The quantitative estimate of drug-likeness (QED) is 0.743. The number of rotatable bonds is 1. The Hall–Kier alpha value is -1.10. The molecule has 2 rings (SSSR count). The van der Waals surface area contributed by atoms with Crippen molar-refractivity contribution < 1.29 is 4.79 Å². The van der Waals surface area contributed by atoms with Crippen LogP contribution in [0, 0.1) is 0 Å². The third-order valence-electron chi connectivity index (χ3n) is 2.71. The van der Waals surface area contributed by atoms with Gasteiger partial charge in [-0.2, -0.15) is 0 Å². The molecule has 4 nitrogen and oxygen atoms in total. The second-order valence-corrected chi connectivity index (χ2v) is 4.22. The van der Waals surface area contributed by atoms with Crippen molar-refractivity contribution in [2.24, 2.45) is 5.84 Å². The van der Waals surface area contributed by atoms with Crippen molar-refractivity contribution in [2.45, 2.75) is 0 Å². The molecule has 0 radical (unpaired) electrons. The van der Waals surface area contributed by atoms with Crippen LogP contribution in [0.15, 0.2) is 24.3 Å². The molecule has 1 heterocycles. The number of hydrogen-bond donors (Lipinski definition) is 1. The van der Waals surface area contributed by atoms with Crippen molar-refractivity contribution in [3.8, 4) is 0 Å². The van der Waals surface area contributed by atoms with Crippen LogP contribution in [0.4, 0.5) is 0 Å². The van der Waals surface area contributed by atoms with Crippen LogP contribution in [0.3, 0.4) is 0 Å². The fraction of sp³-hybridized carbons (Fsp3) is 0.364. The Bertz CT molecular complexity index is 389. The molecule has 1 amide bonds. The lowest BCUT2D eigenvalue weighted by Crippen LogP contribution is -2.51. The van der Waals surface area contributed by atoms with Crippen LogP contribution in [-0.2, 0) is 0 Å². The van der Waals surface area contributed by atoms with Gasteiger partial charge in [0.05, 0.1) is 10.6 Å². The number of amides is 1. The van der Waals surface area contributed by atoms with Crippen molar-refractivity contribution in [2.75, 3.05) is 26.2 Å². The van der Waals surface area contributed by atoms with Crippen LogP contribution in [0.2, 0.25) is 5.02 Å². The molecule has 0 unspecified atom stereocenters. The van der Waals surface area contributed by atoms with Gasteiger partial charge in [0.2, 0.25) is 0 Å². The number of hydrazine groups is 1. The van der Waals surface area contributed by atoms with Gasteiger partial charge in [0.25, 0.3) is 5.91 Å². The van der Waals surface area contributed by atoms with Gasteiger partial charge in [0, 0.05) is 26.2 Å². The third-order valence-corrected chi connectivity index (χ3v) is 3.04. The summed E-state index contributed by atoms with van der Waals surface area (Å²) in [4.78, 5) is 13.9. The highest BCUT2D eigenvalue weighted by Gasteiger charge is 2.21. The van der Waals surface area contributed by atoms with E-state index in [-0.39, 0.29) is 5.91 Å². The molecule has 1 aromatic rings. The minimum Gasteiger partial charge on any atom is -0.336 e. The number of piperazine rings is 1. The fourth-order valence-electron chi connectivity index (χ4n) is 1.73. The van der Waals surface area contributed by atoms with Crippen molar-refractivity contribution in [3.05, 3.63) is 34.9 Å². The first-order valence-electron chi connectivity index (χ1n) is 5.22. The molecule has 0 atom stereocenters. The van der Waals surface area contributed by atoms with E-state index in [0.29, 0.717) is 36.8 Å². The predicted molar refractivity (Wildman–Crippen MR) is 63.1 cm³/mol. The average Bonchev–Trinajstić information content (AvgIpc) is 2.30. The lowest BCUT2D eigenvalue weighted by Gasteiger charge is -2.32. The number of nitrogens with two attached hydrogens (primary N) is 1. The molecular formula is C11H14ClN3O. The minimum atomic E-state index is -0.0151. The van der Waals surface area contributed by atoms with E-state index in [2.05, 4.69) is 0 Å². The summed E-state index contributed by atoms with van der Waals surface area (Å²) >= 11 is 5.98. The molecule has 16 heavy (non-hydrogen) atoms. The van der Waals surface area contributed by atoms with Crippen molar-refractivity contribution in [1.82, 2.24) is 9.91 Å². The smallest absolute Gasteiger partial charge is 0.255 e. The number of halogens is 1. The van der Waals surface area contributed by atoms with Crippen molar-refractivity contribution in [1.29, 1.82) is 0 Å². The normalized spacial score (nSPS) is 17.5. The first kappa shape index (κ1) is 11.4. The van der Waals surface area contributed by atoms with Gasteiger partial charge < -0.3 is 4.90 Å². The molecule has 86 valence electrons. The molecule has 0 aromatic heterocycles. The molecule has 1 aromatic carbocycles. The molecular weight excluding hydrogens is 226 g/mol. The first-order valence-corrected chi connectivity index (χ1v) is 5.60. The number of hydrogen-bond acceptors (Lipinski definition) is 3. The zero-order valence-electron chi connectivity index (χ0n) is 8.90. The van der Waals surface area contributed by atoms with Gasteiger partial charge in [0.1, 0.15) is 0 Å². The van der Waals surface area contributed by atoms with E-state index in [1.165, 1.54) is 0 Å². The molecule has 1 aliphatic heterocycles. The standard InChI is InChI=1S/C11H14ClN3O/c12-10-4-2-1-3-9(10)11(16)14-5-7-15(13)8-6-14/h1-4H,5-8,13H2. The SMILES string of the molecule is NN1CCN(C(=O)c2ccccc2Cl)CC1. The highest BCUT2D eigenvalue weighted by Crippen LogP contribution is 2.17. The molecule has 0 saturated carbocycles. The Morgan fingerprint density at radius 1 is 1.19 bits per heavy atom. The molecule has 2 N–H and O–H groups in total. The monoisotopic (exact) mass is 239 g/mol. The third kappa shape index (κ3) is 2.35. The number of benzene rings is 1. The highest BCUT2D eigenvalue weighted by atomic mass is 35.5. The molecule has 0 spiro atoms. The molecule has 1 fully saturated rings. The molecule has 5 heteroatoms. The van der Waals surface area contributed by atoms with E-state index in [4.69, 9.17) is 17.4 Å². The summed E-state index contributed by atoms with van der Waals surface area (Å²) in [6.07, 6.45) is 0. The Labute approximate surface area is 99.5 Å². The zero-order valence-corrected chi connectivity index (χ0v) is 9.65. The lowest BCUT2D eigenvalue weighted by molar-refractivity contribution is 0.0638. The molecule has 1 saturated heterocycles. The number of carbonyl (C=O) groups excluding carboxylic acids is 1. The van der Waals surface area contributed by atoms with Gasteiger partial charge in [-0.05, 0) is 12.1 Å². The Balaban J connectivity index is 2.11. The maximum absolute atomic E-state index is 12.1. The number of nitrogens with zero attached hydrogens (tertiary/aromatic N) is 2. The van der Waals surface area contributed by atoms with E-state index in [1.807, 2.05) is 12.1 Å².